The number of anilines is 1. The predicted molar refractivity (Wildman–Crippen MR) is 60.2 cm³/mol. The summed E-state index contributed by atoms with van der Waals surface area (Å²) in [5.41, 5.74) is 3.69. The second-order valence-electron chi connectivity index (χ2n) is 3.68. The van der Waals surface area contributed by atoms with Gasteiger partial charge in [-0.25, -0.2) is 0 Å². The molecule has 3 heteroatoms. The zero-order valence-corrected chi connectivity index (χ0v) is 8.79. The van der Waals surface area contributed by atoms with E-state index in [9.17, 15) is 0 Å². The Morgan fingerprint density at radius 3 is 2.93 bits per heavy atom. The van der Waals surface area contributed by atoms with Gasteiger partial charge in [0, 0.05) is 11.8 Å². The summed E-state index contributed by atoms with van der Waals surface area (Å²) in [7, 11) is 0. The zero-order valence-electron chi connectivity index (χ0n) is 8.79. The minimum absolute atomic E-state index is 0.686. The number of aryl methyl sites for hydroxylation is 1. The minimum Gasteiger partial charge on any atom is -0.461 e. The molecule has 2 N–H and O–H groups in total. The number of rotatable bonds is 4. The molecule has 3 nitrogen and oxygen atoms in total. The SMILES string of the molecule is CCCCc1cc2cc(NO)ccc2o1. The number of unbranched alkanes of at least 4 members (excludes halogenated alkanes) is 1. The normalized spacial score (nSPS) is 10.8. The second kappa shape index (κ2) is 4.36. The van der Waals surface area contributed by atoms with Crippen molar-refractivity contribution < 1.29 is 9.62 Å². The summed E-state index contributed by atoms with van der Waals surface area (Å²) in [6.45, 7) is 2.16. The van der Waals surface area contributed by atoms with E-state index in [0.29, 0.717) is 5.69 Å². The first-order chi connectivity index (χ1) is 7.33. The van der Waals surface area contributed by atoms with Crippen LogP contribution in [0.25, 0.3) is 11.0 Å². The molecule has 0 aliphatic rings. The van der Waals surface area contributed by atoms with Crippen LogP contribution in [-0.4, -0.2) is 5.21 Å². The minimum atomic E-state index is 0.686. The van der Waals surface area contributed by atoms with Gasteiger partial charge in [0.05, 0.1) is 5.69 Å². The molecule has 0 saturated carbocycles. The van der Waals surface area contributed by atoms with E-state index in [-0.39, 0.29) is 0 Å². The third kappa shape index (κ3) is 2.13. The van der Waals surface area contributed by atoms with Gasteiger partial charge in [-0.3, -0.25) is 10.7 Å². The lowest BCUT2D eigenvalue weighted by Crippen LogP contribution is -1.86. The van der Waals surface area contributed by atoms with Crippen molar-refractivity contribution in [2.24, 2.45) is 0 Å². The first-order valence-corrected chi connectivity index (χ1v) is 5.26. The molecular formula is C12H15NO2. The lowest BCUT2D eigenvalue weighted by atomic mass is 10.2. The molecule has 0 unspecified atom stereocenters. The Morgan fingerprint density at radius 1 is 1.33 bits per heavy atom. The molecule has 0 saturated heterocycles. The van der Waals surface area contributed by atoms with Crippen LogP contribution in [0.1, 0.15) is 25.5 Å². The summed E-state index contributed by atoms with van der Waals surface area (Å²) >= 11 is 0. The van der Waals surface area contributed by atoms with Crippen LogP contribution in [0.4, 0.5) is 5.69 Å². The van der Waals surface area contributed by atoms with Gasteiger partial charge in [0.2, 0.25) is 0 Å². The van der Waals surface area contributed by atoms with Crippen molar-refractivity contribution in [3.8, 4) is 0 Å². The molecule has 2 aromatic rings. The van der Waals surface area contributed by atoms with Gasteiger partial charge in [0.25, 0.3) is 0 Å². The largest absolute Gasteiger partial charge is 0.461 e. The molecule has 2 rings (SSSR count). The predicted octanol–water partition coefficient (Wildman–Crippen LogP) is 3.58. The van der Waals surface area contributed by atoms with Gasteiger partial charge < -0.3 is 4.42 Å². The molecule has 0 fully saturated rings. The van der Waals surface area contributed by atoms with E-state index in [1.807, 2.05) is 18.2 Å². The van der Waals surface area contributed by atoms with Crippen molar-refractivity contribution in [1.29, 1.82) is 0 Å². The van der Waals surface area contributed by atoms with Crippen LogP contribution in [0.5, 0.6) is 0 Å². The zero-order chi connectivity index (χ0) is 10.7. The first kappa shape index (κ1) is 10.1. The van der Waals surface area contributed by atoms with Gasteiger partial charge in [-0.2, -0.15) is 0 Å². The standard InChI is InChI=1S/C12H15NO2/c1-2-3-4-11-8-9-7-10(13-14)5-6-12(9)15-11/h5-8,13-14H,2-4H2,1H3. The lowest BCUT2D eigenvalue weighted by Gasteiger charge is -1.95. The average Bonchev–Trinajstić information content (AvgIpc) is 2.67. The van der Waals surface area contributed by atoms with Crippen LogP contribution < -0.4 is 5.48 Å². The summed E-state index contributed by atoms with van der Waals surface area (Å²) in [6, 6.07) is 7.55. The molecule has 80 valence electrons. The van der Waals surface area contributed by atoms with Crippen LogP contribution in [0, 0.1) is 0 Å². The Kier molecular flexibility index (Phi) is 2.92. The van der Waals surface area contributed by atoms with Gasteiger partial charge in [-0.1, -0.05) is 13.3 Å². The van der Waals surface area contributed by atoms with Crippen LogP contribution in [0.3, 0.4) is 0 Å². The highest BCUT2D eigenvalue weighted by Gasteiger charge is 2.03. The van der Waals surface area contributed by atoms with Crippen molar-refractivity contribution in [2.45, 2.75) is 26.2 Å². The summed E-state index contributed by atoms with van der Waals surface area (Å²) < 4.78 is 5.66. The Hall–Kier alpha value is -1.48. The molecule has 0 radical (unpaired) electrons. The maximum atomic E-state index is 8.76. The Labute approximate surface area is 88.7 Å². The van der Waals surface area contributed by atoms with Crippen molar-refractivity contribution in [2.75, 3.05) is 5.48 Å². The van der Waals surface area contributed by atoms with Crippen molar-refractivity contribution in [3.05, 3.63) is 30.0 Å². The highest BCUT2D eigenvalue weighted by atomic mass is 16.5. The number of furan rings is 1. The molecule has 1 aromatic carbocycles. The molecule has 0 aliphatic heterocycles. The Balaban J connectivity index is 2.29. The third-order valence-electron chi connectivity index (χ3n) is 2.47. The van der Waals surface area contributed by atoms with E-state index < -0.39 is 0 Å². The fourth-order valence-electron chi connectivity index (χ4n) is 1.64. The number of benzene rings is 1. The van der Waals surface area contributed by atoms with E-state index in [1.165, 1.54) is 6.42 Å². The number of hydrogen-bond donors (Lipinski definition) is 2. The molecular weight excluding hydrogens is 190 g/mol. The van der Waals surface area contributed by atoms with E-state index in [2.05, 4.69) is 12.4 Å². The quantitative estimate of drug-likeness (QED) is 0.750. The van der Waals surface area contributed by atoms with Gasteiger partial charge >= 0.3 is 0 Å². The van der Waals surface area contributed by atoms with Gasteiger partial charge in [-0.05, 0) is 30.7 Å². The Bertz CT molecular complexity index is 448. The van der Waals surface area contributed by atoms with Crippen LogP contribution in [0.15, 0.2) is 28.7 Å². The highest BCUT2D eigenvalue weighted by Crippen LogP contribution is 2.23. The molecule has 0 amide bonds. The fraction of sp³-hybridized carbons (Fsp3) is 0.333. The molecule has 1 heterocycles. The van der Waals surface area contributed by atoms with E-state index >= 15 is 0 Å². The Morgan fingerprint density at radius 2 is 2.20 bits per heavy atom. The molecule has 0 aliphatic carbocycles. The number of fused-ring (bicyclic) bond motifs is 1. The first-order valence-electron chi connectivity index (χ1n) is 5.26. The average molecular weight is 205 g/mol. The molecule has 15 heavy (non-hydrogen) atoms. The topological polar surface area (TPSA) is 45.4 Å². The monoisotopic (exact) mass is 205 g/mol. The fourth-order valence-corrected chi connectivity index (χ4v) is 1.64. The summed E-state index contributed by atoms with van der Waals surface area (Å²) in [6.07, 6.45) is 3.29. The van der Waals surface area contributed by atoms with E-state index in [0.717, 1.165) is 29.6 Å². The number of hydrogen-bond acceptors (Lipinski definition) is 3. The second-order valence-corrected chi connectivity index (χ2v) is 3.68. The van der Waals surface area contributed by atoms with E-state index in [1.54, 1.807) is 6.07 Å². The van der Waals surface area contributed by atoms with Crippen molar-refractivity contribution >= 4 is 16.7 Å². The lowest BCUT2D eigenvalue weighted by molar-refractivity contribution is 0.389. The molecule has 1 aromatic heterocycles. The maximum Gasteiger partial charge on any atom is 0.134 e. The van der Waals surface area contributed by atoms with Gasteiger partial charge in [-0.15, -0.1) is 0 Å². The molecule has 0 bridgehead atoms. The van der Waals surface area contributed by atoms with Gasteiger partial charge in [0.15, 0.2) is 0 Å². The van der Waals surface area contributed by atoms with Crippen molar-refractivity contribution in [1.82, 2.24) is 0 Å². The number of nitrogens with one attached hydrogen (secondary N) is 1. The molecule has 0 spiro atoms. The summed E-state index contributed by atoms with van der Waals surface area (Å²) in [4.78, 5) is 0. The van der Waals surface area contributed by atoms with Crippen molar-refractivity contribution in [3.63, 3.8) is 0 Å². The molecule has 0 atom stereocenters. The highest BCUT2D eigenvalue weighted by molar-refractivity contribution is 5.81. The third-order valence-corrected chi connectivity index (χ3v) is 2.47. The maximum absolute atomic E-state index is 8.76. The van der Waals surface area contributed by atoms with Gasteiger partial charge in [0.1, 0.15) is 11.3 Å². The van der Waals surface area contributed by atoms with Crippen LogP contribution in [-0.2, 0) is 6.42 Å². The van der Waals surface area contributed by atoms with E-state index in [4.69, 9.17) is 9.62 Å². The summed E-state index contributed by atoms with van der Waals surface area (Å²) in [5.74, 6) is 1.02. The van der Waals surface area contributed by atoms with Crippen LogP contribution in [0.2, 0.25) is 0 Å². The smallest absolute Gasteiger partial charge is 0.134 e. The summed E-state index contributed by atoms with van der Waals surface area (Å²) in [5, 5.41) is 9.79. The van der Waals surface area contributed by atoms with Crippen LogP contribution >= 0.6 is 0 Å².